The minimum Gasteiger partial charge on any atom is -0.399 e. The van der Waals surface area contributed by atoms with Crippen LogP contribution in [-0.2, 0) is 13.0 Å². The molecule has 96 valence electrons. The molecule has 0 saturated heterocycles. The molecule has 2 heteroatoms. The summed E-state index contributed by atoms with van der Waals surface area (Å²) in [6.45, 7) is 3.27. The summed E-state index contributed by atoms with van der Waals surface area (Å²) in [6.07, 6.45) is 9.31. The molecule has 0 unspecified atom stereocenters. The number of anilines is 1. The van der Waals surface area contributed by atoms with Gasteiger partial charge in [0.25, 0.3) is 0 Å². The van der Waals surface area contributed by atoms with Crippen molar-refractivity contribution >= 4 is 5.69 Å². The molecule has 0 spiro atoms. The van der Waals surface area contributed by atoms with E-state index >= 15 is 0 Å². The Balaban J connectivity index is 1.63. The average Bonchev–Trinajstić information content (AvgIpc) is 2.77. The fourth-order valence-corrected chi connectivity index (χ4v) is 2.18. The lowest BCUT2D eigenvalue weighted by atomic mass is 10.1. The van der Waals surface area contributed by atoms with E-state index in [4.69, 9.17) is 5.73 Å². The van der Waals surface area contributed by atoms with Gasteiger partial charge in [-0.05, 0) is 55.5 Å². The van der Waals surface area contributed by atoms with E-state index in [-0.39, 0.29) is 0 Å². The van der Waals surface area contributed by atoms with Gasteiger partial charge in [-0.25, -0.2) is 0 Å². The monoisotopic (exact) mass is 242 g/mol. The Hall–Kier alpha value is -1.70. The Morgan fingerprint density at radius 2 is 1.78 bits per heavy atom. The Morgan fingerprint density at radius 3 is 2.44 bits per heavy atom. The molecule has 0 aliphatic heterocycles. The fraction of sp³-hybridized carbons (Fsp3) is 0.375. The first-order chi connectivity index (χ1) is 8.74. The number of hydrogen-bond donors (Lipinski definition) is 1. The Labute approximate surface area is 109 Å². The van der Waals surface area contributed by atoms with E-state index < -0.39 is 0 Å². The summed E-state index contributed by atoms with van der Waals surface area (Å²) >= 11 is 0. The van der Waals surface area contributed by atoms with Crippen molar-refractivity contribution in [2.75, 3.05) is 5.73 Å². The summed E-state index contributed by atoms with van der Waals surface area (Å²) in [4.78, 5) is 0. The standard InChI is InChI=1S/C16H22N2/c1-14-10-12-18(13-14)11-4-2-3-5-15-6-8-16(17)9-7-15/h6-10,12-13H,2-5,11,17H2,1H3. The molecule has 1 aromatic carbocycles. The highest BCUT2D eigenvalue weighted by molar-refractivity contribution is 5.39. The number of benzene rings is 1. The molecule has 2 rings (SSSR count). The fourth-order valence-electron chi connectivity index (χ4n) is 2.18. The summed E-state index contributed by atoms with van der Waals surface area (Å²) in [5, 5.41) is 0. The highest BCUT2D eigenvalue weighted by atomic mass is 14.9. The lowest BCUT2D eigenvalue weighted by Crippen LogP contribution is -1.95. The van der Waals surface area contributed by atoms with E-state index in [1.807, 2.05) is 12.1 Å². The highest BCUT2D eigenvalue weighted by Gasteiger charge is 1.95. The van der Waals surface area contributed by atoms with Crippen LogP contribution in [0.15, 0.2) is 42.7 Å². The molecule has 0 aliphatic rings. The van der Waals surface area contributed by atoms with Crippen molar-refractivity contribution in [2.24, 2.45) is 0 Å². The molecule has 1 heterocycles. The molecular formula is C16H22N2. The van der Waals surface area contributed by atoms with Crippen LogP contribution in [0, 0.1) is 6.92 Å². The number of aryl methyl sites for hydroxylation is 3. The van der Waals surface area contributed by atoms with Crippen LogP contribution >= 0.6 is 0 Å². The normalized spacial score (nSPS) is 10.7. The summed E-state index contributed by atoms with van der Waals surface area (Å²) in [7, 11) is 0. The smallest absolute Gasteiger partial charge is 0.0314 e. The molecule has 0 amide bonds. The van der Waals surface area contributed by atoms with Crippen molar-refractivity contribution in [2.45, 2.75) is 39.2 Å². The topological polar surface area (TPSA) is 30.9 Å². The number of nitrogens with two attached hydrogens (primary N) is 1. The van der Waals surface area contributed by atoms with Gasteiger partial charge < -0.3 is 10.3 Å². The summed E-state index contributed by atoms with van der Waals surface area (Å²) in [6, 6.07) is 10.4. The van der Waals surface area contributed by atoms with Crippen LogP contribution in [-0.4, -0.2) is 4.57 Å². The van der Waals surface area contributed by atoms with E-state index in [1.54, 1.807) is 0 Å². The number of hydrogen-bond acceptors (Lipinski definition) is 1. The molecule has 0 bridgehead atoms. The van der Waals surface area contributed by atoms with Crippen molar-refractivity contribution in [3.8, 4) is 0 Å². The zero-order valence-corrected chi connectivity index (χ0v) is 11.1. The third-order valence-corrected chi connectivity index (χ3v) is 3.26. The molecule has 0 fully saturated rings. The lowest BCUT2D eigenvalue weighted by Gasteiger charge is -2.04. The van der Waals surface area contributed by atoms with E-state index in [9.17, 15) is 0 Å². The van der Waals surface area contributed by atoms with Crippen molar-refractivity contribution in [1.29, 1.82) is 0 Å². The summed E-state index contributed by atoms with van der Waals surface area (Å²) in [5.74, 6) is 0. The first-order valence-corrected chi connectivity index (χ1v) is 6.71. The van der Waals surface area contributed by atoms with Gasteiger partial charge in [-0.1, -0.05) is 18.6 Å². The zero-order valence-electron chi connectivity index (χ0n) is 11.1. The third kappa shape index (κ3) is 3.95. The van der Waals surface area contributed by atoms with Gasteiger partial charge >= 0.3 is 0 Å². The Kier molecular flexibility index (Phi) is 4.46. The van der Waals surface area contributed by atoms with E-state index in [0.29, 0.717) is 0 Å². The van der Waals surface area contributed by atoms with Crippen LogP contribution in [0.2, 0.25) is 0 Å². The molecular weight excluding hydrogens is 220 g/mol. The van der Waals surface area contributed by atoms with Gasteiger partial charge in [0.1, 0.15) is 0 Å². The van der Waals surface area contributed by atoms with Gasteiger partial charge in [0, 0.05) is 24.6 Å². The molecule has 2 aromatic rings. The van der Waals surface area contributed by atoms with Gasteiger partial charge in [0.2, 0.25) is 0 Å². The molecule has 0 saturated carbocycles. The van der Waals surface area contributed by atoms with Crippen LogP contribution in [0.4, 0.5) is 5.69 Å². The number of nitrogens with zero attached hydrogens (tertiary/aromatic N) is 1. The quantitative estimate of drug-likeness (QED) is 0.606. The molecule has 2 N–H and O–H groups in total. The predicted octanol–water partition coefficient (Wildman–Crippen LogP) is 3.79. The summed E-state index contributed by atoms with van der Waals surface area (Å²) < 4.78 is 2.28. The minimum absolute atomic E-state index is 0.849. The highest BCUT2D eigenvalue weighted by Crippen LogP contribution is 2.10. The van der Waals surface area contributed by atoms with Gasteiger partial charge in [-0.2, -0.15) is 0 Å². The second-order valence-corrected chi connectivity index (χ2v) is 4.98. The zero-order chi connectivity index (χ0) is 12.8. The Morgan fingerprint density at radius 1 is 1.00 bits per heavy atom. The van der Waals surface area contributed by atoms with Crippen LogP contribution in [0.1, 0.15) is 30.4 Å². The van der Waals surface area contributed by atoms with Crippen molar-refractivity contribution < 1.29 is 0 Å². The Bertz CT molecular complexity index is 468. The van der Waals surface area contributed by atoms with E-state index in [2.05, 4.69) is 42.1 Å². The van der Waals surface area contributed by atoms with Crippen LogP contribution in [0.5, 0.6) is 0 Å². The van der Waals surface area contributed by atoms with Crippen molar-refractivity contribution in [3.63, 3.8) is 0 Å². The maximum Gasteiger partial charge on any atom is 0.0314 e. The molecule has 2 nitrogen and oxygen atoms in total. The number of aromatic nitrogens is 1. The second-order valence-electron chi connectivity index (χ2n) is 4.98. The largest absolute Gasteiger partial charge is 0.399 e. The third-order valence-electron chi connectivity index (χ3n) is 3.26. The minimum atomic E-state index is 0.849. The first-order valence-electron chi connectivity index (χ1n) is 6.71. The molecule has 0 radical (unpaired) electrons. The number of rotatable bonds is 6. The average molecular weight is 242 g/mol. The molecule has 0 atom stereocenters. The van der Waals surface area contributed by atoms with E-state index in [0.717, 1.165) is 18.7 Å². The van der Waals surface area contributed by atoms with Crippen molar-refractivity contribution in [3.05, 3.63) is 53.9 Å². The van der Waals surface area contributed by atoms with Crippen molar-refractivity contribution in [1.82, 2.24) is 4.57 Å². The lowest BCUT2D eigenvalue weighted by molar-refractivity contribution is 0.589. The molecule has 18 heavy (non-hydrogen) atoms. The van der Waals surface area contributed by atoms with Gasteiger partial charge in [0.05, 0.1) is 0 Å². The van der Waals surface area contributed by atoms with Gasteiger partial charge in [0.15, 0.2) is 0 Å². The SMILES string of the molecule is Cc1ccn(CCCCCc2ccc(N)cc2)c1. The van der Waals surface area contributed by atoms with Crippen LogP contribution in [0.3, 0.4) is 0 Å². The molecule has 0 aliphatic carbocycles. The molecule has 1 aromatic heterocycles. The van der Waals surface area contributed by atoms with Gasteiger partial charge in [-0.15, -0.1) is 0 Å². The maximum absolute atomic E-state index is 5.67. The van der Waals surface area contributed by atoms with Gasteiger partial charge in [-0.3, -0.25) is 0 Å². The van der Waals surface area contributed by atoms with E-state index in [1.165, 1.54) is 30.4 Å². The predicted molar refractivity (Wildman–Crippen MR) is 77.6 cm³/mol. The number of nitrogen functional groups attached to an aromatic ring is 1. The van der Waals surface area contributed by atoms with Crippen LogP contribution < -0.4 is 5.73 Å². The second kappa shape index (κ2) is 6.29. The summed E-state index contributed by atoms with van der Waals surface area (Å²) in [5.41, 5.74) is 9.25. The van der Waals surface area contributed by atoms with Crippen LogP contribution in [0.25, 0.3) is 0 Å². The maximum atomic E-state index is 5.67. The number of unbranched alkanes of at least 4 members (excludes halogenated alkanes) is 2. The first kappa shape index (κ1) is 12.7.